The van der Waals surface area contributed by atoms with Gasteiger partial charge in [0.15, 0.2) is 0 Å². The molecule has 6 heteroatoms. The number of unbranched alkanes of at least 4 members (excludes halogenated alkanes) is 1. The van der Waals surface area contributed by atoms with Gasteiger partial charge in [-0.25, -0.2) is 4.79 Å². The van der Waals surface area contributed by atoms with E-state index < -0.39 is 0 Å². The van der Waals surface area contributed by atoms with Crippen LogP contribution in [0.3, 0.4) is 0 Å². The molecule has 1 fully saturated rings. The Morgan fingerprint density at radius 1 is 0.893 bits per heavy atom. The van der Waals surface area contributed by atoms with Crippen LogP contribution in [-0.4, -0.2) is 24.4 Å². The Hall–Kier alpha value is -3.15. The van der Waals surface area contributed by atoms with Crippen molar-refractivity contribution in [2.24, 2.45) is 5.92 Å². The molecule has 2 aromatic carbocycles. The third kappa shape index (κ3) is 5.42. The summed E-state index contributed by atoms with van der Waals surface area (Å²) in [7, 11) is 0. The second kappa shape index (κ2) is 9.17. The Bertz CT molecular complexity index is 840. The molecule has 146 valence electrons. The fourth-order valence-electron chi connectivity index (χ4n) is 2.58. The molecule has 3 rings (SSSR count). The Balaban J connectivity index is 1.53. The van der Waals surface area contributed by atoms with Gasteiger partial charge >= 0.3 is 5.97 Å². The van der Waals surface area contributed by atoms with Crippen LogP contribution in [0.25, 0.3) is 0 Å². The highest BCUT2D eigenvalue weighted by atomic mass is 16.5. The topological polar surface area (TPSA) is 84.5 Å². The fourth-order valence-corrected chi connectivity index (χ4v) is 2.58. The minimum Gasteiger partial charge on any atom is -0.462 e. The van der Waals surface area contributed by atoms with Gasteiger partial charge in [-0.15, -0.1) is 0 Å². The molecule has 2 amide bonds. The minimum atomic E-state index is -0.366. The van der Waals surface area contributed by atoms with Crippen LogP contribution in [0.15, 0.2) is 48.5 Å². The molecular weight excluding hydrogens is 356 g/mol. The molecule has 0 saturated heterocycles. The Kier molecular flexibility index (Phi) is 6.42. The van der Waals surface area contributed by atoms with Crippen LogP contribution in [0.5, 0.6) is 0 Å². The molecule has 0 aliphatic heterocycles. The molecule has 0 radical (unpaired) electrons. The molecule has 0 spiro atoms. The van der Waals surface area contributed by atoms with Crippen molar-refractivity contribution in [2.75, 3.05) is 17.2 Å². The summed E-state index contributed by atoms with van der Waals surface area (Å²) in [4.78, 5) is 36.0. The summed E-state index contributed by atoms with van der Waals surface area (Å²) in [6, 6.07) is 13.3. The van der Waals surface area contributed by atoms with Crippen LogP contribution < -0.4 is 10.6 Å². The van der Waals surface area contributed by atoms with Gasteiger partial charge in [0.25, 0.3) is 5.91 Å². The number of amides is 2. The van der Waals surface area contributed by atoms with E-state index in [-0.39, 0.29) is 23.7 Å². The van der Waals surface area contributed by atoms with Gasteiger partial charge in [-0.2, -0.15) is 0 Å². The highest BCUT2D eigenvalue weighted by Crippen LogP contribution is 2.30. The summed E-state index contributed by atoms with van der Waals surface area (Å²) < 4.78 is 5.16. The first-order valence-corrected chi connectivity index (χ1v) is 9.56. The zero-order valence-corrected chi connectivity index (χ0v) is 15.9. The van der Waals surface area contributed by atoms with Crippen molar-refractivity contribution >= 4 is 29.2 Å². The first-order valence-electron chi connectivity index (χ1n) is 9.56. The molecule has 0 heterocycles. The van der Waals surface area contributed by atoms with E-state index in [0.29, 0.717) is 29.1 Å². The summed E-state index contributed by atoms with van der Waals surface area (Å²) >= 11 is 0. The van der Waals surface area contributed by atoms with Crippen LogP contribution in [0.2, 0.25) is 0 Å². The number of anilines is 2. The summed E-state index contributed by atoms with van der Waals surface area (Å²) in [5.41, 5.74) is 2.19. The number of benzene rings is 2. The van der Waals surface area contributed by atoms with E-state index in [9.17, 15) is 14.4 Å². The lowest BCUT2D eigenvalue weighted by atomic mass is 10.1. The lowest BCUT2D eigenvalue weighted by molar-refractivity contribution is -0.117. The van der Waals surface area contributed by atoms with Gasteiger partial charge in [0.05, 0.1) is 12.2 Å². The molecule has 0 aromatic heterocycles. The lowest BCUT2D eigenvalue weighted by Gasteiger charge is -2.08. The highest BCUT2D eigenvalue weighted by Gasteiger charge is 2.29. The van der Waals surface area contributed by atoms with Crippen LogP contribution in [0, 0.1) is 5.92 Å². The second-order valence-electron chi connectivity index (χ2n) is 6.86. The largest absolute Gasteiger partial charge is 0.462 e. The average Bonchev–Trinajstić information content (AvgIpc) is 3.54. The molecule has 6 nitrogen and oxygen atoms in total. The predicted octanol–water partition coefficient (Wildman–Crippen LogP) is 4.24. The van der Waals surface area contributed by atoms with E-state index in [1.54, 1.807) is 48.5 Å². The third-order valence-electron chi connectivity index (χ3n) is 4.47. The van der Waals surface area contributed by atoms with Crippen LogP contribution in [0.1, 0.15) is 53.3 Å². The normalized spacial score (nSPS) is 12.9. The van der Waals surface area contributed by atoms with Crippen molar-refractivity contribution in [1.82, 2.24) is 0 Å². The molecule has 0 unspecified atom stereocenters. The quantitative estimate of drug-likeness (QED) is 0.530. The van der Waals surface area contributed by atoms with Crippen LogP contribution in [0.4, 0.5) is 11.4 Å². The Morgan fingerprint density at radius 2 is 1.46 bits per heavy atom. The molecular formula is C22H24N2O4. The maximum atomic E-state index is 12.4. The van der Waals surface area contributed by atoms with Gasteiger partial charge < -0.3 is 15.4 Å². The molecule has 1 aliphatic rings. The van der Waals surface area contributed by atoms with E-state index in [2.05, 4.69) is 10.6 Å². The molecule has 2 N–H and O–H groups in total. The molecule has 1 aliphatic carbocycles. The number of esters is 1. The SMILES string of the molecule is CCCCOC(=O)c1ccc(NC(=O)c2ccc(NC(=O)C3CC3)cc2)cc1. The van der Waals surface area contributed by atoms with Gasteiger partial charge in [0, 0.05) is 22.9 Å². The maximum Gasteiger partial charge on any atom is 0.338 e. The molecule has 1 saturated carbocycles. The van der Waals surface area contributed by atoms with Crippen LogP contribution in [-0.2, 0) is 9.53 Å². The van der Waals surface area contributed by atoms with Crippen LogP contribution >= 0.6 is 0 Å². The van der Waals surface area contributed by atoms with Crippen molar-refractivity contribution in [2.45, 2.75) is 32.6 Å². The third-order valence-corrected chi connectivity index (χ3v) is 4.47. The first-order chi connectivity index (χ1) is 13.6. The fraction of sp³-hybridized carbons (Fsp3) is 0.318. The van der Waals surface area contributed by atoms with E-state index in [0.717, 1.165) is 25.7 Å². The van der Waals surface area contributed by atoms with E-state index in [1.165, 1.54) is 0 Å². The van der Waals surface area contributed by atoms with Crippen molar-refractivity contribution in [3.63, 3.8) is 0 Å². The maximum absolute atomic E-state index is 12.4. The molecule has 28 heavy (non-hydrogen) atoms. The Labute approximate surface area is 164 Å². The number of nitrogens with one attached hydrogen (secondary N) is 2. The van der Waals surface area contributed by atoms with E-state index in [4.69, 9.17) is 4.74 Å². The predicted molar refractivity (Wildman–Crippen MR) is 107 cm³/mol. The van der Waals surface area contributed by atoms with Gasteiger partial charge in [-0.3, -0.25) is 9.59 Å². The molecule has 0 bridgehead atoms. The van der Waals surface area contributed by atoms with Gasteiger partial charge in [-0.1, -0.05) is 13.3 Å². The monoisotopic (exact) mass is 380 g/mol. The number of hydrogen-bond acceptors (Lipinski definition) is 4. The zero-order valence-electron chi connectivity index (χ0n) is 15.9. The lowest BCUT2D eigenvalue weighted by Crippen LogP contribution is -2.14. The van der Waals surface area contributed by atoms with Gasteiger partial charge in [0.1, 0.15) is 0 Å². The summed E-state index contributed by atoms with van der Waals surface area (Å²) in [5.74, 6) is -0.464. The number of carbonyl (C=O) groups excluding carboxylic acids is 3. The summed E-state index contributed by atoms with van der Waals surface area (Å²) in [6.45, 7) is 2.44. The molecule has 0 atom stereocenters. The average molecular weight is 380 g/mol. The Morgan fingerprint density at radius 3 is 2.04 bits per heavy atom. The number of ether oxygens (including phenoxy) is 1. The summed E-state index contributed by atoms with van der Waals surface area (Å²) in [6.07, 6.45) is 3.69. The number of hydrogen-bond donors (Lipinski definition) is 2. The smallest absolute Gasteiger partial charge is 0.338 e. The number of carbonyl (C=O) groups is 3. The summed E-state index contributed by atoms with van der Waals surface area (Å²) in [5, 5.41) is 5.63. The van der Waals surface area contributed by atoms with Gasteiger partial charge in [0.2, 0.25) is 5.91 Å². The standard InChI is InChI=1S/C22H24N2O4/c1-2-3-14-28-22(27)17-8-12-19(13-9-17)24-21(26)16-6-10-18(11-7-16)23-20(25)15-4-5-15/h6-13,15H,2-5,14H2,1H3,(H,23,25)(H,24,26). The van der Waals surface area contributed by atoms with Gasteiger partial charge in [-0.05, 0) is 67.8 Å². The first kappa shape index (κ1) is 19.6. The van der Waals surface area contributed by atoms with E-state index in [1.807, 2.05) is 6.92 Å². The highest BCUT2D eigenvalue weighted by molar-refractivity contribution is 6.05. The second-order valence-corrected chi connectivity index (χ2v) is 6.86. The van der Waals surface area contributed by atoms with Crippen molar-refractivity contribution in [3.05, 3.63) is 59.7 Å². The van der Waals surface area contributed by atoms with Crippen molar-refractivity contribution < 1.29 is 19.1 Å². The van der Waals surface area contributed by atoms with Crippen molar-refractivity contribution in [1.29, 1.82) is 0 Å². The van der Waals surface area contributed by atoms with E-state index >= 15 is 0 Å². The minimum absolute atomic E-state index is 0.0329. The zero-order chi connectivity index (χ0) is 19.9. The van der Waals surface area contributed by atoms with Crippen molar-refractivity contribution in [3.8, 4) is 0 Å². The number of rotatable bonds is 8. The molecule has 2 aromatic rings.